The monoisotopic (exact) mass is 400 g/mol. The average Bonchev–Trinajstić information content (AvgIpc) is 2.63. The first kappa shape index (κ1) is 18.8. The van der Waals surface area contributed by atoms with Crippen LogP contribution in [0.1, 0.15) is 12.5 Å². The maximum Gasteiger partial charge on any atom is 0.289 e. The minimum atomic E-state index is 0.0237. The number of aromatic amines is 1. The number of nitrogens with two attached hydrogens (primary N) is 1. The van der Waals surface area contributed by atoms with Crippen LogP contribution in [0.3, 0.4) is 0 Å². The number of phenols is 1. The topological polar surface area (TPSA) is 93.4 Å². The first-order valence-corrected chi connectivity index (χ1v) is 8.87. The normalized spacial score (nSPS) is 10.4. The quantitative estimate of drug-likeness (QED) is 0.663. The van der Waals surface area contributed by atoms with Gasteiger partial charge in [-0.1, -0.05) is 29.3 Å². The third-order valence-electron chi connectivity index (χ3n) is 4.00. The van der Waals surface area contributed by atoms with Crippen LogP contribution < -0.4 is 15.5 Å². The van der Waals surface area contributed by atoms with Crippen LogP contribution in [-0.2, 0) is 0 Å². The molecule has 0 aliphatic rings. The van der Waals surface area contributed by atoms with E-state index in [1.807, 2.05) is 6.92 Å². The standard InChI is InChI=1S/C20H15Cl2N3O2/c1-2-27-19-7-11(3-6-18(19)26)14-9-17(25-20(24)15(14)10-23)13-5-4-12(21)8-16(13)22/h3-9,26H,2H2,1H3,(H2,24,25)/p+1. The van der Waals surface area contributed by atoms with Gasteiger partial charge in [-0.05, 0) is 48.9 Å². The van der Waals surface area contributed by atoms with Crippen LogP contribution in [-0.4, -0.2) is 11.7 Å². The number of rotatable bonds is 4. The Hall–Kier alpha value is -2.94. The fourth-order valence-corrected chi connectivity index (χ4v) is 3.27. The first-order chi connectivity index (χ1) is 12.9. The van der Waals surface area contributed by atoms with Crippen molar-refractivity contribution >= 4 is 29.0 Å². The molecule has 3 rings (SSSR count). The molecule has 1 aromatic heterocycles. The summed E-state index contributed by atoms with van der Waals surface area (Å²) in [6.45, 7) is 2.22. The molecule has 0 spiro atoms. The van der Waals surface area contributed by atoms with Gasteiger partial charge in [0.05, 0.1) is 11.6 Å². The Bertz CT molecular complexity index is 1060. The number of halogens is 2. The highest BCUT2D eigenvalue weighted by molar-refractivity contribution is 6.36. The van der Waals surface area contributed by atoms with Gasteiger partial charge in [0.25, 0.3) is 5.82 Å². The fraction of sp³-hybridized carbons (Fsp3) is 0.100. The Morgan fingerprint density at radius 1 is 1.15 bits per heavy atom. The number of hydrogen-bond donors (Lipinski definition) is 2. The second-order valence-corrected chi connectivity index (χ2v) is 6.58. The van der Waals surface area contributed by atoms with Crippen molar-refractivity contribution in [2.75, 3.05) is 12.3 Å². The number of nitrogens with zero attached hydrogens (tertiary/aromatic N) is 1. The van der Waals surface area contributed by atoms with E-state index in [-0.39, 0.29) is 17.1 Å². The molecule has 0 fully saturated rings. The summed E-state index contributed by atoms with van der Waals surface area (Å²) in [6.07, 6.45) is 0. The number of aromatic hydroxyl groups is 1. The highest BCUT2D eigenvalue weighted by Crippen LogP contribution is 2.36. The number of H-pyrrole nitrogens is 1. The van der Waals surface area contributed by atoms with E-state index in [4.69, 9.17) is 33.7 Å². The van der Waals surface area contributed by atoms with Crippen molar-refractivity contribution in [3.63, 3.8) is 0 Å². The maximum atomic E-state index is 9.94. The Labute approximate surface area is 166 Å². The Morgan fingerprint density at radius 3 is 2.59 bits per heavy atom. The molecule has 0 saturated heterocycles. The molecule has 0 amide bonds. The van der Waals surface area contributed by atoms with E-state index in [2.05, 4.69) is 11.1 Å². The molecule has 2 aromatic carbocycles. The zero-order valence-corrected chi connectivity index (χ0v) is 15.9. The lowest BCUT2D eigenvalue weighted by Crippen LogP contribution is -2.16. The SMILES string of the molecule is CCOc1cc(-c2cc(-c3ccc(Cl)cc3Cl)[nH+]c(N)c2C#N)ccc1O. The highest BCUT2D eigenvalue weighted by Gasteiger charge is 2.19. The number of phenolic OH excluding ortho intramolecular Hbond substituents is 1. The first-order valence-electron chi connectivity index (χ1n) is 8.12. The van der Waals surface area contributed by atoms with Gasteiger partial charge in [0.1, 0.15) is 17.3 Å². The van der Waals surface area contributed by atoms with Crippen molar-refractivity contribution in [1.29, 1.82) is 5.26 Å². The summed E-state index contributed by atoms with van der Waals surface area (Å²) in [5, 5.41) is 20.5. The Balaban J connectivity index is 2.22. The molecule has 1 heterocycles. The third-order valence-corrected chi connectivity index (χ3v) is 4.55. The number of benzene rings is 2. The molecule has 27 heavy (non-hydrogen) atoms. The van der Waals surface area contributed by atoms with Crippen molar-refractivity contribution < 1.29 is 14.8 Å². The second kappa shape index (κ2) is 7.75. The summed E-state index contributed by atoms with van der Waals surface area (Å²) in [7, 11) is 0. The molecule has 0 atom stereocenters. The molecular formula is C20H16Cl2N3O2+. The van der Waals surface area contributed by atoms with Crippen LogP contribution in [0.15, 0.2) is 42.5 Å². The molecule has 0 aliphatic heterocycles. The van der Waals surface area contributed by atoms with Gasteiger partial charge < -0.3 is 9.84 Å². The lowest BCUT2D eigenvalue weighted by Gasteiger charge is -2.11. The number of pyridine rings is 1. The van der Waals surface area contributed by atoms with Gasteiger partial charge >= 0.3 is 0 Å². The lowest BCUT2D eigenvalue weighted by atomic mass is 9.98. The fourth-order valence-electron chi connectivity index (χ4n) is 2.76. The number of hydrogen-bond acceptors (Lipinski definition) is 4. The summed E-state index contributed by atoms with van der Waals surface area (Å²) in [6, 6.07) is 13.9. The van der Waals surface area contributed by atoms with Gasteiger partial charge in [-0.15, -0.1) is 0 Å². The van der Waals surface area contributed by atoms with Crippen LogP contribution in [0, 0.1) is 11.3 Å². The predicted octanol–water partition coefficient (Wildman–Crippen LogP) is 4.70. The smallest absolute Gasteiger partial charge is 0.289 e. The zero-order chi connectivity index (χ0) is 19.6. The van der Waals surface area contributed by atoms with Crippen LogP contribution >= 0.6 is 23.2 Å². The number of aromatic nitrogens is 1. The second-order valence-electron chi connectivity index (χ2n) is 5.74. The Kier molecular flexibility index (Phi) is 5.41. The van der Waals surface area contributed by atoms with Crippen LogP contribution in [0.2, 0.25) is 10.0 Å². The number of anilines is 1. The molecular weight excluding hydrogens is 385 g/mol. The molecule has 136 valence electrons. The highest BCUT2D eigenvalue weighted by atomic mass is 35.5. The van der Waals surface area contributed by atoms with Crippen molar-refractivity contribution in [3.8, 4) is 40.0 Å². The van der Waals surface area contributed by atoms with E-state index in [1.165, 1.54) is 6.07 Å². The van der Waals surface area contributed by atoms with Gasteiger partial charge in [0.15, 0.2) is 11.5 Å². The molecule has 0 bridgehead atoms. The summed E-state index contributed by atoms with van der Waals surface area (Å²) in [5.74, 6) is 0.564. The number of nitrogens with one attached hydrogen (secondary N) is 1. The van der Waals surface area contributed by atoms with Crippen molar-refractivity contribution in [3.05, 3.63) is 58.1 Å². The maximum absolute atomic E-state index is 9.94. The van der Waals surface area contributed by atoms with Crippen molar-refractivity contribution in [1.82, 2.24) is 0 Å². The molecule has 0 aliphatic carbocycles. The predicted molar refractivity (Wildman–Crippen MR) is 106 cm³/mol. The van der Waals surface area contributed by atoms with Crippen LogP contribution in [0.5, 0.6) is 11.5 Å². The van der Waals surface area contributed by atoms with E-state index in [9.17, 15) is 10.4 Å². The van der Waals surface area contributed by atoms with E-state index in [0.717, 1.165) is 0 Å². The van der Waals surface area contributed by atoms with Gasteiger partial charge in [-0.25, -0.2) is 4.98 Å². The molecule has 3 aromatic rings. The molecule has 5 nitrogen and oxygen atoms in total. The summed E-state index contributed by atoms with van der Waals surface area (Å²) in [4.78, 5) is 3.01. The van der Waals surface area contributed by atoms with E-state index >= 15 is 0 Å². The van der Waals surface area contributed by atoms with Gasteiger partial charge in [0.2, 0.25) is 0 Å². The molecule has 0 saturated carbocycles. The third kappa shape index (κ3) is 3.77. The summed E-state index contributed by atoms with van der Waals surface area (Å²) < 4.78 is 5.44. The number of nitrogen functional groups attached to an aromatic ring is 1. The Morgan fingerprint density at radius 2 is 1.93 bits per heavy atom. The molecule has 4 N–H and O–H groups in total. The van der Waals surface area contributed by atoms with Crippen molar-refractivity contribution in [2.45, 2.75) is 6.92 Å². The minimum Gasteiger partial charge on any atom is -0.504 e. The lowest BCUT2D eigenvalue weighted by molar-refractivity contribution is -0.346. The van der Waals surface area contributed by atoms with E-state index in [0.29, 0.717) is 44.8 Å². The van der Waals surface area contributed by atoms with E-state index < -0.39 is 0 Å². The van der Waals surface area contributed by atoms with E-state index in [1.54, 1.807) is 36.4 Å². The molecule has 7 heteroatoms. The largest absolute Gasteiger partial charge is 0.504 e. The number of ether oxygens (including phenoxy) is 1. The molecule has 0 radical (unpaired) electrons. The zero-order valence-electron chi connectivity index (χ0n) is 14.4. The van der Waals surface area contributed by atoms with Gasteiger partial charge in [0, 0.05) is 16.1 Å². The van der Waals surface area contributed by atoms with Gasteiger partial charge in [-0.2, -0.15) is 5.26 Å². The van der Waals surface area contributed by atoms with Crippen LogP contribution in [0.4, 0.5) is 5.82 Å². The summed E-state index contributed by atoms with van der Waals surface area (Å²) in [5.41, 5.74) is 8.98. The molecule has 0 unspecified atom stereocenters. The summed E-state index contributed by atoms with van der Waals surface area (Å²) >= 11 is 12.3. The minimum absolute atomic E-state index is 0.0237. The van der Waals surface area contributed by atoms with Gasteiger partial charge in [-0.3, -0.25) is 5.73 Å². The van der Waals surface area contributed by atoms with Crippen LogP contribution in [0.25, 0.3) is 22.4 Å². The average molecular weight is 401 g/mol. The number of nitriles is 1. The van der Waals surface area contributed by atoms with Crippen molar-refractivity contribution in [2.24, 2.45) is 0 Å².